The van der Waals surface area contributed by atoms with Crippen molar-refractivity contribution in [2.75, 3.05) is 5.32 Å². The number of nitrogens with one attached hydrogen (secondary N) is 1. The molecular formula is C3H3N3O2. The van der Waals surface area contributed by atoms with Crippen LogP contribution >= 0.6 is 0 Å². The molecule has 1 heterocycles. The number of carbonyl (C=O) groups is 1. The highest BCUT2D eigenvalue weighted by Gasteiger charge is 1.89. The Bertz CT molecular complexity index is 159. The van der Waals surface area contributed by atoms with Crippen LogP contribution in [0.1, 0.15) is 0 Å². The molecular weight excluding hydrogens is 110 g/mol. The van der Waals surface area contributed by atoms with Crippen LogP contribution in [0.25, 0.3) is 0 Å². The molecule has 0 spiro atoms. The molecule has 0 atom stereocenters. The highest BCUT2D eigenvalue weighted by atomic mass is 16.6. The maximum Gasteiger partial charge on any atom is 0.212 e. The number of anilines is 1. The van der Waals surface area contributed by atoms with Crippen LogP contribution in [0.3, 0.4) is 0 Å². The van der Waals surface area contributed by atoms with Gasteiger partial charge in [-0.05, 0) is 5.16 Å². The molecule has 1 rings (SSSR count). The fourth-order valence-electron chi connectivity index (χ4n) is 0.289. The minimum absolute atomic E-state index is 0.319. The van der Waals surface area contributed by atoms with Gasteiger partial charge in [0.05, 0.1) is 0 Å². The van der Waals surface area contributed by atoms with E-state index >= 15 is 0 Å². The van der Waals surface area contributed by atoms with Gasteiger partial charge in [-0.3, -0.25) is 4.79 Å². The van der Waals surface area contributed by atoms with Crippen molar-refractivity contribution in [2.24, 2.45) is 0 Å². The number of aromatic nitrogens is 2. The molecule has 1 aromatic rings. The normalized spacial score (nSPS) is 8.50. The maximum absolute atomic E-state index is 9.65. The molecule has 0 radical (unpaired) electrons. The lowest BCUT2D eigenvalue weighted by Crippen LogP contribution is -1.92. The monoisotopic (exact) mass is 113 g/mol. The molecule has 8 heavy (non-hydrogen) atoms. The Kier molecular flexibility index (Phi) is 1.23. The van der Waals surface area contributed by atoms with Crippen molar-refractivity contribution in [3.63, 3.8) is 0 Å². The lowest BCUT2D eigenvalue weighted by molar-refractivity contribution is -0.105. The predicted molar refractivity (Wildman–Crippen MR) is 24.0 cm³/mol. The summed E-state index contributed by atoms with van der Waals surface area (Å²) in [4.78, 5) is 9.65. The predicted octanol–water partition coefficient (Wildman–Crippen LogP) is -0.362. The van der Waals surface area contributed by atoms with Gasteiger partial charge in [-0.2, -0.15) is 0 Å². The van der Waals surface area contributed by atoms with Gasteiger partial charge in [0.1, 0.15) is 6.20 Å². The first-order valence-corrected chi connectivity index (χ1v) is 1.91. The molecule has 1 aromatic heterocycles. The second kappa shape index (κ2) is 2.06. The zero-order chi connectivity index (χ0) is 5.82. The Balaban J connectivity index is 2.62. The molecule has 0 aliphatic carbocycles. The van der Waals surface area contributed by atoms with Gasteiger partial charge in [0.2, 0.25) is 6.41 Å². The minimum atomic E-state index is 0.319. The standard InChI is InChI=1S/C3H3N3O2/c7-2-4-3-1-5-8-6-3/h1-2H,(H,4,6,7). The quantitative estimate of drug-likeness (QED) is 0.531. The number of carbonyl (C=O) groups excluding carboxylic acids is 1. The van der Waals surface area contributed by atoms with Gasteiger partial charge in [-0.1, -0.05) is 5.16 Å². The van der Waals surface area contributed by atoms with Gasteiger partial charge in [0, 0.05) is 0 Å². The Morgan fingerprint density at radius 3 is 3.25 bits per heavy atom. The van der Waals surface area contributed by atoms with Gasteiger partial charge in [-0.25, -0.2) is 4.63 Å². The van der Waals surface area contributed by atoms with Crippen molar-refractivity contribution in [1.29, 1.82) is 0 Å². The van der Waals surface area contributed by atoms with E-state index in [2.05, 4.69) is 20.3 Å². The Labute approximate surface area is 44.6 Å². The Hall–Kier alpha value is -1.39. The number of amides is 1. The van der Waals surface area contributed by atoms with Crippen LogP contribution in [0.4, 0.5) is 5.82 Å². The van der Waals surface area contributed by atoms with Crippen molar-refractivity contribution in [3.8, 4) is 0 Å². The van der Waals surface area contributed by atoms with E-state index in [0.717, 1.165) is 0 Å². The summed E-state index contributed by atoms with van der Waals surface area (Å²) in [5.74, 6) is 0.319. The van der Waals surface area contributed by atoms with Crippen LogP contribution in [0.5, 0.6) is 0 Å². The molecule has 0 fully saturated rings. The number of nitrogens with zero attached hydrogens (tertiary/aromatic N) is 2. The average molecular weight is 113 g/mol. The van der Waals surface area contributed by atoms with Gasteiger partial charge >= 0.3 is 0 Å². The van der Waals surface area contributed by atoms with Gasteiger partial charge in [-0.15, -0.1) is 0 Å². The molecule has 42 valence electrons. The molecule has 0 aromatic carbocycles. The van der Waals surface area contributed by atoms with E-state index in [1.165, 1.54) is 6.20 Å². The van der Waals surface area contributed by atoms with E-state index in [-0.39, 0.29) is 0 Å². The molecule has 0 saturated carbocycles. The summed E-state index contributed by atoms with van der Waals surface area (Å²) < 4.78 is 4.15. The molecule has 0 saturated heterocycles. The largest absolute Gasteiger partial charge is 0.309 e. The third-order valence-electron chi connectivity index (χ3n) is 0.568. The van der Waals surface area contributed by atoms with Crippen molar-refractivity contribution in [2.45, 2.75) is 0 Å². The smallest absolute Gasteiger partial charge is 0.212 e. The lowest BCUT2D eigenvalue weighted by Gasteiger charge is -1.79. The summed E-state index contributed by atoms with van der Waals surface area (Å²) in [7, 11) is 0. The van der Waals surface area contributed by atoms with Gasteiger partial charge in [0.15, 0.2) is 5.82 Å². The second-order valence-corrected chi connectivity index (χ2v) is 1.05. The molecule has 5 heteroatoms. The molecule has 5 nitrogen and oxygen atoms in total. The first-order valence-electron chi connectivity index (χ1n) is 1.91. The van der Waals surface area contributed by atoms with Crippen molar-refractivity contribution in [1.82, 2.24) is 10.3 Å². The molecule has 0 unspecified atom stereocenters. The van der Waals surface area contributed by atoms with Crippen LogP contribution in [0.2, 0.25) is 0 Å². The minimum Gasteiger partial charge on any atom is -0.309 e. The van der Waals surface area contributed by atoms with Crippen LogP contribution in [0, 0.1) is 0 Å². The van der Waals surface area contributed by atoms with Crippen LogP contribution in [0.15, 0.2) is 10.8 Å². The zero-order valence-electron chi connectivity index (χ0n) is 3.87. The summed E-state index contributed by atoms with van der Waals surface area (Å²) in [6.45, 7) is 0. The van der Waals surface area contributed by atoms with E-state index in [9.17, 15) is 4.79 Å². The van der Waals surface area contributed by atoms with Crippen LogP contribution < -0.4 is 5.32 Å². The molecule has 0 aliphatic heterocycles. The summed E-state index contributed by atoms with van der Waals surface area (Å²) in [6, 6.07) is 0. The summed E-state index contributed by atoms with van der Waals surface area (Å²) in [6.07, 6.45) is 1.80. The van der Waals surface area contributed by atoms with Gasteiger partial charge in [0.25, 0.3) is 0 Å². The van der Waals surface area contributed by atoms with Crippen LogP contribution in [-0.2, 0) is 4.79 Å². The molecule has 1 amide bonds. The lowest BCUT2D eigenvalue weighted by atomic mass is 10.8. The summed E-state index contributed by atoms with van der Waals surface area (Å²) >= 11 is 0. The van der Waals surface area contributed by atoms with E-state index < -0.39 is 0 Å². The second-order valence-electron chi connectivity index (χ2n) is 1.05. The van der Waals surface area contributed by atoms with Crippen molar-refractivity contribution >= 4 is 12.2 Å². The first kappa shape index (κ1) is 4.76. The highest BCUT2D eigenvalue weighted by molar-refractivity contribution is 5.67. The molecule has 1 N–H and O–H groups in total. The fourth-order valence-corrected chi connectivity index (χ4v) is 0.289. The first-order chi connectivity index (χ1) is 3.93. The van der Waals surface area contributed by atoms with E-state index in [4.69, 9.17) is 0 Å². The number of hydrogen-bond donors (Lipinski definition) is 1. The fraction of sp³-hybridized carbons (Fsp3) is 0. The number of hydrogen-bond acceptors (Lipinski definition) is 4. The molecule has 0 bridgehead atoms. The van der Waals surface area contributed by atoms with E-state index in [1.54, 1.807) is 0 Å². The third-order valence-corrected chi connectivity index (χ3v) is 0.568. The third kappa shape index (κ3) is 0.810. The van der Waals surface area contributed by atoms with E-state index in [0.29, 0.717) is 12.2 Å². The van der Waals surface area contributed by atoms with Crippen molar-refractivity contribution < 1.29 is 9.42 Å². The zero-order valence-corrected chi connectivity index (χ0v) is 3.87. The topological polar surface area (TPSA) is 68.0 Å². The van der Waals surface area contributed by atoms with Crippen molar-refractivity contribution in [3.05, 3.63) is 6.20 Å². The van der Waals surface area contributed by atoms with Crippen LogP contribution in [-0.4, -0.2) is 16.7 Å². The highest BCUT2D eigenvalue weighted by Crippen LogP contribution is 1.93. The average Bonchev–Trinajstić information content (AvgIpc) is 2.19. The Morgan fingerprint density at radius 2 is 2.75 bits per heavy atom. The summed E-state index contributed by atoms with van der Waals surface area (Å²) in [5, 5.41) is 8.75. The molecule has 0 aliphatic rings. The SMILES string of the molecule is O=CNc1cnon1. The maximum atomic E-state index is 9.65. The Morgan fingerprint density at radius 1 is 1.88 bits per heavy atom. The van der Waals surface area contributed by atoms with E-state index in [1.807, 2.05) is 0 Å². The van der Waals surface area contributed by atoms with Gasteiger partial charge < -0.3 is 5.32 Å². The number of rotatable bonds is 2. The summed E-state index contributed by atoms with van der Waals surface area (Å²) in [5.41, 5.74) is 0.